The van der Waals surface area contributed by atoms with Crippen LogP contribution in [0.15, 0.2) is 47.4 Å². The van der Waals surface area contributed by atoms with E-state index in [0.29, 0.717) is 35.1 Å². The number of Topliss-reactive ketones (excluding diaryl/α,β-unsaturated/α-hetero) is 1. The van der Waals surface area contributed by atoms with Gasteiger partial charge in [0.15, 0.2) is 5.78 Å². The van der Waals surface area contributed by atoms with Gasteiger partial charge in [0.1, 0.15) is 15.9 Å². The summed E-state index contributed by atoms with van der Waals surface area (Å²) in [6.45, 7) is 1.98. The number of fused-ring (bicyclic) bond motifs is 1. The van der Waals surface area contributed by atoms with Crippen LogP contribution < -0.4 is 5.32 Å². The molecule has 4 rings (SSSR count). The molecule has 0 radical (unpaired) electrons. The summed E-state index contributed by atoms with van der Waals surface area (Å²) >= 11 is 0.981. The van der Waals surface area contributed by atoms with Crippen LogP contribution in [0, 0.1) is 5.92 Å². The molecule has 1 aliphatic rings. The molecule has 3 aromatic rings. The number of amides is 1. The first-order chi connectivity index (χ1) is 14.4. The van der Waals surface area contributed by atoms with Crippen molar-refractivity contribution >= 4 is 50.2 Å². The normalized spacial score (nSPS) is 15.9. The summed E-state index contributed by atoms with van der Waals surface area (Å²) in [5.41, 5.74) is 2.03. The third-order valence-corrected chi connectivity index (χ3v) is 7.70. The first-order valence-electron chi connectivity index (χ1n) is 9.49. The van der Waals surface area contributed by atoms with E-state index in [9.17, 15) is 18.0 Å². The SMILES string of the molecule is CC(=O)c1cccc(NC(=O)C2CCN(S(=O)(=O)c3cccc4nsnc34)CC2)c1. The van der Waals surface area contributed by atoms with Crippen molar-refractivity contribution in [1.29, 1.82) is 0 Å². The average Bonchev–Trinajstić information content (AvgIpc) is 3.23. The standard InChI is InChI=1S/C20H20N4O4S2/c1-13(25)15-4-2-5-16(12-15)21-20(26)14-8-10-24(11-9-14)30(27,28)18-7-3-6-17-19(18)23-29-22-17/h2-7,12,14H,8-11H2,1H3,(H,21,26). The topological polar surface area (TPSA) is 109 Å². The molecule has 2 heterocycles. The van der Waals surface area contributed by atoms with Gasteiger partial charge in [-0.3, -0.25) is 9.59 Å². The van der Waals surface area contributed by atoms with Crippen molar-refractivity contribution in [2.45, 2.75) is 24.7 Å². The maximum atomic E-state index is 13.1. The Hall–Kier alpha value is -2.69. The molecule has 156 valence electrons. The zero-order chi connectivity index (χ0) is 21.3. The summed E-state index contributed by atoms with van der Waals surface area (Å²) in [7, 11) is -3.71. The Morgan fingerprint density at radius 3 is 2.57 bits per heavy atom. The fourth-order valence-corrected chi connectivity index (χ4v) is 5.77. The molecule has 8 nitrogen and oxygen atoms in total. The predicted octanol–water partition coefficient (Wildman–Crippen LogP) is 2.93. The lowest BCUT2D eigenvalue weighted by molar-refractivity contribution is -0.120. The van der Waals surface area contributed by atoms with Crippen molar-refractivity contribution in [1.82, 2.24) is 13.1 Å². The third-order valence-electron chi connectivity index (χ3n) is 5.23. The fourth-order valence-electron chi connectivity index (χ4n) is 3.55. The number of rotatable bonds is 5. The van der Waals surface area contributed by atoms with Gasteiger partial charge in [-0.25, -0.2) is 8.42 Å². The highest BCUT2D eigenvalue weighted by atomic mass is 32.2. The van der Waals surface area contributed by atoms with E-state index in [1.807, 2.05) is 0 Å². The van der Waals surface area contributed by atoms with E-state index in [4.69, 9.17) is 0 Å². The molecule has 1 aromatic heterocycles. The van der Waals surface area contributed by atoms with E-state index in [-0.39, 0.29) is 35.6 Å². The van der Waals surface area contributed by atoms with Gasteiger partial charge in [-0.1, -0.05) is 18.2 Å². The zero-order valence-corrected chi connectivity index (χ0v) is 17.9. The molecule has 0 atom stereocenters. The Labute approximate surface area is 178 Å². The Morgan fingerprint density at radius 2 is 1.83 bits per heavy atom. The molecule has 0 unspecified atom stereocenters. The van der Waals surface area contributed by atoms with Crippen LogP contribution in [0.3, 0.4) is 0 Å². The molecule has 2 aromatic carbocycles. The number of aromatic nitrogens is 2. The van der Waals surface area contributed by atoms with Crippen molar-refractivity contribution in [2.75, 3.05) is 18.4 Å². The van der Waals surface area contributed by atoms with Gasteiger partial charge in [0.25, 0.3) is 0 Å². The van der Waals surface area contributed by atoms with Crippen LogP contribution in [-0.2, 0) is 14.8 Å². The molecule has 1 fully saturated rings. The van der Waals surface area contributed by atoms with Crippen molar-refractivity contribution in [3.8, 4) is 0 Å². The lowest BCUT2D eigenvalue weighted by atomic mass is 9.97. The number of nitrogens with one attached hydrogen (secondary N) is 1. The Morgan fingerprint density at radius 1 is 1.10 bits per heavy atom. The van der Waals surface area contributed by atoms with E-state index in [1.54, 1.807) is 42.5 Å². The van der Waals surface area contributed by atoms with Gasteiger partial charge in [-0.15, -0.1) is 0 Å². The van der Waals surface area contributed by atoms with E-state index >= 15 is 0 Å². The summed E-state index contributed by atoms with van der Waals surface area (Å²) < 4.78 is 35.8. The number of nitrogens with zero attached hydrogens (tertiary/aromatic N) is 3. The minimum Gasteiger partial charge on any atom is -0.326 e. The molecule has 0 saturated carbocycles. The summed E-state index contributed by atoms with van der Waals surface area (Å²) in [6, 6.07) is 11.7. The van der Waals surface area contributed by atoms with Crippen LogP contribution in [0.4, 0.5) is 5.69 Å². The third kappa shape index (κ3) is 3.98. The number of anilines is 1. The highest BCUT2D eigenvalue weighted by molar-refractivity contribution is 7.89. The number of carbonyl (C=O) groups excluding carboxylic acids is 2. The highest BCUT2D eigenvalue weighted by Gasteiger charge is 2.33. The van der Waals surface area contributed by atoms with Crippen LogP contribution in [0.5, 0.6) is 0 Å². The summed E-state index contributed by atoms with van der Waals surface area (Å²) in [5.74, 6) is -0.539. The van der Waals surface area contributed by atoms with Gasteiger partial charge in [0.2, 0.25) is 15.9 Å². The van der Waals surface area contributed by atoms with Crippen LogP contribution in [0.25, 0.3) is 11.0 Å². The van der Waals surface area contributed by atoms with Gasteiger partial charge >= 0.3 is 0 Å². The van der Waals surface area contributed by atoms with Crippen molar-refractivity contribution in [3.05, 3.63) is 48.0 Å². The molecular formula is C20H20N4O4S2. The number of carbonyl (C=O) groups is 2. The number of sulfonamides is 1. The molecule has 0 aliphatic carbocycles. The first kappa shape index (κ1) is 20.6. The zero-order valence-electron chi connectivity index (χ0n) is 16.2. The molecule has 0 bridgehead atoms. The molecule has 1 aliphatic heterocycles. The lowest BCUT2D eigenvalue weighted by Gasteiger charge is -2.30. The minimum absolute atomic E-state index is 0.0741. The lowest BCUT2D eigenvalue weighted by Crippen LogP contribution is -2.41. The second-order valence-corrected chi connectivity index (χ2v) is 9.63. The van der Waals surface area contributed by atoms with Crippen LogP contribution in [-0.4, -0.2) is 46.3 Å². The average molecular weight is 445 g/mol. The van der Waals surface area contributed by atoms with E-state index < -0.39 is 10.0 Å². The summed E-state index contributed by atoms with van der Waals surface area (Å²) in [4.78, 5) is 24.3. The second kappa shape index (κ2) is 8.21. The molecular weight excluding hydrogens is 424 g/mol. The predicted molar refractivity (Wildman–Crippen MR) is 114 cm³/mol. The number of benzene rings is 2. The van der Waals surface area contributed by atoms with Crippen molar-refractivity contribution < 1.29 is 18.0 Å². The smallest absolute Gasteiger partial charge is 0.245 e. The van der Waals surface area contributed by atoms with Crippen molar-refractivity contribution in [2.24, 2.45) is 5.92 Å². The number of ketones is 1. The molecule has 1 amide bonds. The van der Waals surface area contributed by atoms with Crippen LogP contribution in [0.1, 0.15) is 30.1 Å². The van der Waals surface area contributed by atoms with Crippen molar-refractivity contribution in [3.63, 3.8) is 0 Å². The maximum Gasteiger partial charge on any atom is 0.245 e. The first-order valence-corrected chi connectivity index (χ1v) is 11.7. The van der Waals surface area contributed by atoms with E-state index in [2.05, 4.69) is 14.1 Å². The van der Waals surface area contributed by atoms with Gasteiger partial charge in [0, 0.05) is 30.3 Å². The quantitative estimate of drug-likeness (QED) is 0.606. The molecule has 30 heavy (non-hydrogen) atoms. The number of piperidine rings is 1. The van der Waals surface area contributed by atoms with Crippen LogP contribution in [0.2, 0.25) is 0 Å². The van der Waals surface area contributed by atoms with Gasteiger partial charge in [0.05, 0.1) is 11.7 Å². The largest absolute Gasteiger partial charge is 0.326 e. The minimum atomic E-state index is -3.71. The second-order valence-electron chi connectivity index (χ2n) is 7.19. The highest BCUT2D eigenvalue weighted by Crippen LogP contribution is 2.28. The number of hydrogen-bond acceptors (Lipinski definition) is 7. The molecule has 1 N–H and O–H groups in total. The fraction of sp³-hybridized carbons (Fsp3) is 0.300. The molecule has 0 spiro atoms. The van der Waals surface area contributed by atoms with Gasteiger partial charge < -0.3 is 5.32 Å². The summed E-state index contributed by atoms with van der Waals surface area (Å²) in [6.07, 6.45) is 0.839. The van der Waals surface area contributed by atoms with Gasteiger partial charge in [-0.05, 0) is 44.0 Å². The molecule has 1 saturated heterocycles. The maximum absolute atomic E-state index is 13.1. The monoisotopic (exact) mass is 444 g/mol. The van der Waals surface area contributed by atoms with Crippen LogP contribution >= 0.6 is 11.7 Å². The van der Waals surface area contributed by atoms with E-state index in [1.165, 1.54) is 11.2 Å². The number of hydrogen-bond donors (Lipinski definition) is 1. The van der Waals surface area contributed by atoms with Gasteiger partial charge in [-0.2, -0.15) is 13.1 Å². The van der Waals surface area contributed by atoms with E-state index in [0.717, 1.165) is 11.7 Å². The summed E-state index contributed by atoms with van der Waals surface area (Å²) in [5, 5.41) is 2.84. The Balaban J connectivity index is 1.43. The molecule has 10 heteroatoms. The Bertz CT molecular complexity index is 1210. The Kier molecular flexibility index (Phi) is 5.63.